The van der Waals surface area contributed by atoms with Crippen molar-refractivity contribution in [2.75, 3.05) is 5.75 Å². The molecule has 0 amide bonds. The van der Waals surface area contributed by atoms with Gasteiger partial charge < -0.3 is 9.55 Å². The number of fused-ring (bicyclic) bond motifs is 1. The number of aromatic nitrogens is 2. The minimum Gasteiger partial charge on any atom is -0.331 e. The summed E-state index contributed by atoms with van der Waals surface area (Å²) < 4.78 is 3.10. The van der Waals surface area contributed by atoms with Gasteiger partial charge in [0.2, 0.25) is 0 Å². The van der Waals surface area contributed by atoms with E-state index in [-0.39, 0.29) is 0 Å². The molecule has 0 saturated carbocycles. The molecule has 1 N–H and O–H groups in total. The third-order valence-corrected chi connectivity index (χ3v) is 4.79. The second-order valence-electron chi connectivity index (χ2n) is 4.19. The van der Waals surface area contributed by atoms with Crippen molar-refractivity contribution in [3.8, 4) is 0 Å². The molecule has 16 heavy (non-hydrogen) atoms. The molecule has 1 aliphatic heterocycles. The maximum absolute atomic E-state index is 5.39. The topological polar surface area (TPSA) is 20.7 Å². The lowest BCUT2D eigenvalue weighted by Crippen LogP contribution is -2.09. The fraction of sp³-hybridized carbons (Fsp3) is 0.417. The highest BCUT2D eigenvalue weighted by atomic mass is 32.2. The van der Waals surface area contributed by atoms with Gasteiger partial charge >= 0.3 is 0 Å². The second-order valence-corrected chi connectivity index (χ2v) is 5.99. The molecule has 0 spiro atoms. The van der Waals surface area contributed by atoms with Crippen molar-refractivity contribution in [1.82, 2.24) is 9.55 Å². The Kier molecular flexibility index (Phi) is 2.77. The minimum atomic E-state index is 0.742. The van der Waals surface area contributed by atoms with E-state index in [9.17, 15) is 0 Å². The molecule has 0 aliphatic carbocycles. The molecule has 1 fully saturated rings. The zero-order chi connectivity index (χ0) is 11.0. The first-order chi connectivity index (χ1) is 7.84. The number of nitrogens with one attached hydrogen (secondary N) is 1. The Bertz CT molecular complexity index is 549. The van der Waals surface area contributed by atoms with Crippen LogP contribution in [0.1, 0.15) is 12.8 Å². The van der Waals surface area contributed by atoms with Crippen LogP contribution >= 0.6 is 24.0 Å². The van der Waals surface area contributed by atoms with E-state index < -0.39 is 0 Å². The largest absolute Gasteiger partial charge is 0.331 e. The Morgan fingerprint density at radius 2 is 2.31 bits per heavy atom. The monoisotopic (exact) mass is 250 g/mol. The maximum Gasteiger partial charge on any atom is 0.178 e. The predicted octanol–water partition coefficient (Wildman–Crippen LogP) is 3.59. The number of nitrogens with zero attached hydrogens (tertiary/aromatic N) is 1. The van der Waals surface area contributed by atoms with Crippen molar-refractivity contribution in [1.29, 1.82) is 0 Å². The average Bonchev–Trinajstić information content (AvgIpc) is 2.89. The van der Waals surface area contributed by atoms with Crippen LogP contribution in [-0.4, -0.2) is 20.6 Å². The Morgan fingerprint density at radius 1 is 1.44 bits per heavy atom. The van der Waals surface area contributed by atoms with Crippen LogP contribution in [0.3, 0.4) is 0 Å². The Morgan fingerprint density at radius 3 is 3.12 bits per heavy atom. The molecule has 1 aliphatic rings. The first kappa shape index (κ1) is 10.4. The molecule has 3 rings (SSSR count). The molecule has 0 bridgehead atoms. The van der Waals surface area contributed by atoms with Gasteiger partial charge in [-0.05, 0) is 42.9 Å². The molecule has 2 heterocycles. The molecule has 1 atom stereocenters. The molecule has 1 aromatic carbocycles. The summed E-state index contributed by atoms with van der Waals surface area (Å²) in [6.45, 7) is 1.05. The van der Waals surface area contributed by atoms with E-state index in [1.54, 1.807) is 0 Å². The third kappa shape index (κ3) is 1.80. The number of rotatable bonds is 2. The molecule has 0 radical (unpaired) electrons. The number of para-hydroxylation sites is 2. The van der Waals surface area contributed by atoms with Crippen molar-refractivity contribution in [2.24, 2.45) is 0 Å². The van der Waals surface area contributed by atoms with Gasteiger partial charge in [0, 0.05) is 11.8 Å². The number of H-pyrrole nitrogens is 1. The fourth-order valence-corrected chi connectivity index (χ4v) is 3.82. The van der Waals surface area contributed by atoms with E-state index in [0.717, 1.165) is 22.1 Å². The summed E-state index contributed by atoms with van der Waals surface area (Å²) in [5.74, 6) is 1.31. The molecule has 4 heteroatoms. The summed E-state index contributed by atoms with van der Waals surface area (Å²) in [5.41, 5.74) is 2.38. The highest BCUT2D eigenvalue weighted by Gasteiger charge is 2.17. The maximum atomic E-state index is 5.39. The summed E-state index contributed by atoms with van der Waals surface area (Å²) in [6, 6.07) is 8.34. The summed E-state index contributed by atoms with van der Waals surface area (Å²) in [4.78, 5) is 3.27. The van der Waals surface area contributed by atoms with Crippen LogP contribution in [0.4, 0.5) is 0 Å². The van der Waals surface area contributed by atoms with Crippen molar-refractivity contribution in [3.63, 3.8) is 0 Å². The minimum absolute atomic E-state index is 0.742. The van der Waals surface area contributed by atoms with Gasteiger partial charge in [-0.2, -0.15) is 11.8 Å². The Labute approximate surface area is 104 Å². The number of benzene rings is 1. The van der Waals surface area contributed by atoms with Crippen LogP contribution in [0, 0.1) is 4.77 Å². The summed E-state index contributed by atoms with van der Waals surface area (Å²) in [5, 5.41) is 0.742. The van der Waals surface area contributed by atoms with Gasteiger partial charge in [0.1, 0.15) is 0 Å². The standard InChI is InChI=1S/C12H14N2S2/c15-12-13-10-5-1-2-6-11(10)14(12)8-9-4-3-7-16-9/h1-2,5-6,9H,3-4,7-8H2,(H,13,15). The number of hydrogen-bond acceptors (Lipinski definition) is 2. The molecule has 2 aromatic rings. The number of imidazole rings is 1. The van der Waals surface area contributed by atoms with Crippen LogP contribution in [0.5, 0.6) is 0 Å². The van der Waals surface area contributed by atoms with Crippen molar-refractivity contribution in [2.45, 2.75) is 24.6 Å². The fourth-order valence-electron chi connectivity index (χ4n) is 2.28. The molecular formula is C12H14N2S2. The van der Waals surface area contributed by atoms with Gasteiger partial charge in [-0.25, -0.2) is 0 Å². The van der Waals surface area contributed by atoms with E-state index in [4.69, 9.17) is 12.2 Å². The normalized spacial score (nSPS) is 20.6. The smallest absolute Gasteiger partial charge is 0.178 e. The molecular weight excluding hydrogens is 236 g/mol. The quantitative estimate of drug-likeness (QED) is 0.822. The SMILES string of the molecule is S=c1[nH]c2ccccc2n1CC1CCCS1. The van der Waals surface area contributed by atoms with E-state index in [1.807, 2.05) is 6.07 Å². The third-order valence-electron chi connectivity index (χ3n) is 3.09. The summed E-state index contributed by atoms with van der Waals surface area (Å²) in [6.07, 6.45) is 2.68. The number of aromatic amines is 1. The van der Waals surface area contributed by atoms with Crippen molar-refractivity contribution < 1.29 is 0 Å². The zero-order valence-electron chi connectivity index (χ0n) is 8.98. The molecule has 1 unspecified atom stereocenters. The van der Waals surface area contributed by atoms with E-state index in [1.165, 1.54) is 24.1 Å². The Hall–Kier alpha value is -0.740. The van der Waals surface area contributed by atoms with Gasteiger partial charge in [0.25, 0.3) is 0 Å². The van der Waals surface area contributed by atoms with Crippen molar-refractivity contribution in [3.05, 3.63) is 29.0 Å². The Balaban J connectivity index is 2.01. The highest BCUT2D eigenvalue weighted by Crippen LogP contribution is 2.28. The van der Waals surface area contributed by atoms with Crippen LogP contribution in [0.25, 0.3) is 11.0 Å². The van der Waals surface area contributed by atoms with E-state index in [2.05, 4.69) is 39.5 Å². The van der Waals surface area contributed by atoms with Gasteiger partial charge in [-0.3, -0.25) is 0 Å². The van der Waals surface area contributed by atoms with E-state index >= 15 is 0 Å². The van der Waals surface area contributed by atoms with Crippen LogP contribution in [-0.2, 0) is 6.54 Å². The van der Waals surface area contributed by atoms with Gasteiger partial charge in [-0.1, -0.05) is 12.1 Å². The molecule has 1 saturated heterocycles. The van der Waals surface area contributed by atoms with Crippen molar-refractivity contribution >= 4 is 35.0 Å². The lowest BCUT2D eigenvalue weighted by Gasteiger charge is -2.10. The summed E-state index contributed by atoms with van der Waals surface area (Å²) >= 11 is 7.46. The lowest BCUT2D eigenvalue weighted by molar-refractivity contribution is 0.645. The van der Waals surface area contributed by atoms with Gasteiger partial charge in [0.15, 0.2) is 4.77 Å². The highest BCUT2D eigenvalue weighted by molar-refractivity contribution is 8.00. The van der Waals surface area contributed by atoms with E-state index in [0.29, 0.717) is 0 Å². The molecule has 84 valence electrons. The van der Waals surface area contributed by atoms with Gasteiger partial charge in [0.05, 0.1) is 11.0 Å². The predicted molar refractivity (Wildman–Crippen MR) is 72.6 cm³/mol. The molecule has 2 nitrogen and oxygen atoms in total. The first-order valence-electron chi connectivity index (χ1n) is 5.64. The zero-order valence-corrected chi connectivity index (χ0v) is 10.6. The number of thioether (sulfide) groups is 1. The molecule has 1 aromatic heterocycles. The van der Waals surface area contributed by atoms with Crippen LogP contribution in [0.2, 0.25) is 0 Å². The first-order valence-corrected chi connectivity index (χ1v) is 7.09. The second kappa shape index (κ2) is 4.26. The number of hydrogen-bond donors (Lipinski definition) is 1. The average molecular weight is 250 g/mol. The van der Waals surface area contributed by atoms with Crippen LogP contribution in [0.15, 0.2) is 24.3 Å². The van der Waals surface area contributed by atoms with Crippen LogP contribution < -0.4 is 0 Å². The lowest BCUT2D eigenvalue weighted by atomic mass is 10.2. The summed E-state index contributed by atoms with van der Waals surface area (Å²) in [7, 11) is 0. The van der Waals surface area contributed by atoms with Gasteiger partial charge in [-0.15, -0.1) is 0 Å².